The van der Waals surface area contributed by atoms with Gasteiger partial charge in [0.05, 0.1) is 15.0 Å². The minimum Gasteiger partial charge on any atom is -0.486 e. The van der Waals surface area contributed by atoms with Crippen LogP contribution >= 0.6 is 31.9 Å². The Morgan fingerprint density at radius 1 is 1.12 bits per heavy atom. The molecule has 162 valence electrons. The van der Waals surface area contributed by atoms with Crippen LogP contribution in [0.15, 0.2) is 81.2 Å². The van der Waals surface area contributed by atoms with E-state index in [0.29, 0.717) is 25.8 Å². The normalized spacial score (nSPS) is 12.0. The first-order chi connectivity index (χ1) is 15.4. The topological polar surface area (TPSA) is 62.1 Å². The zero-order valence-electron chi connectivity index (χ0n) is 17.1. The molecule has 0 fully saturated rings. The summed E-state index contributed by atoms with van der Waals surface area (Å²) in [4.78, 5) is 12.6. The van der Waals surface area contributed by atoms with Gasteiger partial charge in [-0.25, -0.2) is 4.39 Å². The van der Waals surface area contributed by atoms with E-state index >= 15 is 0 Å². The molecule has 0 aliphatic rings. The molecule has 0 aliphatic carbocycles. The van der Waals surface area contributed by atoms with Crippen molar-refractivity contribution in [1.82, 2.24) is 5.32 Å². The standard InChI is InChI=1S/C25H19Br2FN2O2/c1-16(18-7-3-2-4-8-18)30-25(31)20(14-29)11-17-12-21(26)24(22(27)13-17)32-15-19-9-5-6-10-23(19)28/h2-13,16H,15H2,1H3,(H,30,31)/b20-11-/t16-/m1/s1. The van der Waals surface area contributed by atoms with Crippen LogP contribution in [-0.4, -0.2) is 5.91 Å². The lowest BCUT2D eigenvalue weighted by atomic mass is 10.1. The van der Waals surface area contributed by atoms with E-state index in [0.717, 1.165) is 5.56 Å². The van der Waals surface area contributed by atoms with Crippen LogP contribution in [0, 0.1) is 17.1 Å². The van der Waals surface area contributed by atoms with E-state index in [1.165, 1.54) is 12.1 Å². The van der Waals surface area contributed by atoms with Crippen LogP contribution in [0.25, 0.3) is 6.08 Å². The second kappa shape index (κ2) is 11.1. The molecule has 32 heavy (non-hydrogen) atoms. The Hall–Kier alpha value is -2.95. The van der Waals surface area contributed by atoms with E-state index in [4.69, 9.17) is 4.74 Å². The molecule has 0 aromatic heterocycles. The Balaban J connectivity index is 1.75. The van der Waals surface area contributed by atoms with Crippen LogP contribution < -0.4 is 10.1 Å². The highest BCUT2D eigenvalue weighted by atomic mass is 79.9. The average molecular weight is 558 g/mol. The first-order valence-corrected chi connectivity index (χ1v) is 11.3. The molecule has 0 spiro atoms. The third kappa shape index (κ3) is 6.06. The number of hydrogen-bond donors (Lipinski definition) is 1. The van der Waals surface area contributed by atoms with Gasteiger partial charge >= 0.3 is 0 Å². The molecule has 3 aromatic rings. The van der Waals surface area contributed by atoms with Crippen molar-refractivity contribution in [2.45, 2.75) is 19.6 Å². The van der Waals surface area contributed by atoms with E-state index in [-0.39, 0.29) is 24.0 Å². The smallest absolute Gasteiger partial charge is 0.262 e. The Labute approximate surface area is 203 Å². The number of amides is 1. The highest BCUT2D eigenvalue weighted by Gasteiger charge is 2.15. The van der Waals surface area contributed by atoms with Crippen LogP contribution in [0.3, 0.4) is 0 Å². The fourth-order valence-electron chi connectivity index (χ4n) is 2.98. The van der Waals surface area contributed by atoms with E-state index in [9.17, 15) is 14.4 Å². The monoisotopic (exact) mass is 556 g/mol. The summed E-state index contributed by atoms with van der Waals surface area (Å²) in [6.07, 6.45) is 1.50. The number of nitrogens with zero attached hydrogens (tertiary/aromatic N) is 1. The van der Waals surface area contributed by atoms with Crippen molar-refractivity contribution < 1.29 is 13.9 Å². The molecule has 1 N–H and O–H groups in total. The lowest BCUT2D eigenvalue weighted by Gasteiger charge is -2.14. The Morgan fingerprint density at radius 2 is 1.75 bits per heavy atom. The van der Waals surface area contributed by atoms with Gasteiger partial charge in [0.1, 0.15) is 29.8 Å². The van der Waals surface area contributed by atoms with Gasteiger partial charge in [-0.15, -0.1) is 0 Å². The fraction of sp³-hybridized carbons (Fsp3) is 0.120. The summed E-state index contributed by atoms with van der Waals surface area (Å²) in [6.45, 7) is 1.92. The molecule has 0 saturated heterocycles. The number of ether oxygens (including phenoxy) is 1. The zero-order chi connectivity index (χ0) is 23.1. The highest BCUT2D eigenvalue weighted by Crippen LogP contribution is 2.36. The zero-order valence-corrected chi connectivity index (χ0v) is 20.3. The molecule has 0 bridgehead atoms. The number of nitrogens with one attached hydrogen (secondary N) is 1. The number of hydrogen-bond acceptors (Lipinski definition) is 3. The fourth-order valence-corrected chi connectivity index (χ4v) is 4.43. The molecule has 4 nitrogen and oxygen atoms in total. The third-order valence-electron chi connectivity index (χ3n) is 4.67. The maximum atomic E-state index is 13.8. The molecule has 1 amide bonds. The van der Waals surface area contributed by atoms with Gasteiger partial charge in [0.25, 0.3) is 5.91 Å². The van der Waals surface area contributed by atoms with Crippen LogP contribution in [0.1, 0.15) is 29.7 Å². The summed E-state index contributed by atoms with van der Waals surface area (Å²) in [5, 5.41) is 12.3. The number of benzene rings is 3. The van der Waals surface area contributed by atoms with Gasteiger partial charge < -0.3 is 10.1 Å². The molecular formula is C25H19Br2FN2O2. The lowest BCUT2D eigenvalue weighted by molar-refractivity contribution is -0.117. The molecule has 0 saturated carbocycles. The Bertz CT molecular complexity index is 1170. The quantitative estimate of drug-likeness (QED) is 0.259. The average Bonchev–Trinajstić information content (AvgIpc) is 2.78. The van der Waals surface area contributed by atoms with Crippen LogP contribution in [0.2, 0.25) is 0 Å². The van der Waals surface area contributed by atoms with Crippen molar-refractivity contribution in [2.75, 3.05) is 0 Å². The molecule has 3 rings (SSSR count). The van der Waals surface area contributed by atoms with Crippen molar-refractivity contribution >= 4 is 43.8 Å². The first kappa shape index (κ1) is 23.7. The summed E-state index contributed by atoms with van der Waals surface area (Å²) in [5.41, 5.74) is 1.99. The van der Waals surface area contributed by atoms with Gasteiger partial charge in [-0.2, -0.15) is 5.26 Å². The summed E-state index contributed by atoms with van der Waals surface area (Å²) in [7, 11) is 0. The highest BCUT2D eigenvalue weighted by molar-refractivity contribution is 9.11. The summed E-state index contributed by atoms with van der Waals surface area (Å²) in [5.74, 6) is -0.309. The van der Waals surface area contributed by atoms with Crippen molar-refractivity contribution in [3.63, 3.8) is 0 Å². The number of halogens is 3. The van der Waals surface area contributed by atoms with Gasteiger partial charge in [0.2, 0.25) is 0 Å². The number of nitriles is 1. The predicted molar refractivity (Wildman–Crippen MR) is 129 cm³/mol. The van der Waals surface area contributed by atoms with Crippen LogP contribution in [-0.2, 0) is 11.4 Å². The number of carbonyl (C=O) groups excluding carboxylic acids is 1. The second-order valence-corrected chi connectivity index (χ2v) is 8.68. The molecule has 3 aromatic carbocycles. The molecule has 0 unspecified atom stereocenters. The predicted octanol–water partition coefficient (Wildman–Crippen LogP) is 6.71. The largest absolute Gasteiger partial charge is 0.486 e. The number of rotatable bonds is 7. The minimum absolute atomic E-state index is 0.0217. The maximum Gasteiger partial charge on any atom is 0.262 e. The lowest BCUT2D eigenvalue weighted by Crippen LogP contribution is -2.27. The van der Waals surface area contributed by atoms with Gasteiger partial charge in [-0.1, -0.05) is 48.5 Å². The molecule has 0 aliphatic heterocycles. The SMILES string of the molecule is C[C@@H](NC(=O)/C(C#N)=C\c1cc(Br)c(OCc2ccccc2F)c(Br)c1)c1ccccc1. The molecule has 7 heteroatoms. The van der Waals surface area contributed by atoms with Crippen molar-refractivity contribution in [1.29, 1.82) is 5.26 Å². The van der Waals surface area contributed by atoms with Gasteiger partial charge in [0.15, 0.2) is 0 Å². The van der Waals surface area contributed by atoms with E-state index in [1.807, 2.05) is 43.3 Å². The Morgan fingerprint density at radius 3 is 2.38 bits per heavy atom. The van der Waals surface area contributed by atoms with E-state index < -0.39 is 5.91 Å². The summed E-state index contributed by atoms with van der Waals surface area (Å²) in [6, 6.07) is 21.1. The van der Waals surface area contributed by atoms with Crippen molar-refractivity contribution in [3.05, 3.63) is 104 Å². The molecule has 0 heterocycles. The van der Waals surface area contributed by atoms with E-state index in [2.05, 4.69) is 37.2 Å². The summed E-state index contributed by atoms with van der Waals surface area (Å²) >= 11 is 6.90. The molecule has 0 radical (unpaired) electrons. The van der Waals surface area contributed by atoms with Crippen LogP contribution in [0.5, 0.6) is 5.75 Å². The first-order valence-electron chi connectivity index (χ1n) is 9.72. The van der Waals surface area contributed by atoms with Crippen molar-refractivity contribution in [3.8, 4) is 11.8 Å². The summed E-state index contributed by atoms with van der Waals surface area (Å²) < 4.78 is 20.8. The molecule has 1 atom stereocenters. The van der Waals surface area contributed by atoms with Crippen molar-refractivity contribution in [2.24, 2.45) is 0 Å². The van der Waals surface area contributed by atoms with Gasteiger partial charge in [-0.05, 0) is 74.2 Å². The minimum atomic E-state index is -0.462. The molecular weight excluding hydrogens is 539 g/mol. The van der Waals surface area contributed by atoms with Gasteiger partial charge in [-0.3, -0.25) is 4.79 Å². The van der Waals surface area contributed by atoms with Crippen LogP contribution in [0.4, 0.5) is 4.39 Å². The second-order valence-electron chi connectivity index (χ2n) is 6.97. The van der Waals surface area contributed by atoms with E-state index in [1.54, 1.807) is 30.3 Å². The maximum absolute atomic E-state index is 13.8. The Kier molecular flexibility index (Phi) is 8.20. The number of carbonyl (C=O) groups is 1. The van der Waals surface area contributed by atoms with Gasteiger partial charge in [0, 0.05) is 5.56 Å². The third-order valence-corrected chi connectivity index (χ3v) is 5.85.